The van der Waals surface area contributed by atoms with Gasteiger partial charge in [-0.05, 0) is 48.9 Å². The average molecular weight is 429 g/mol. The molecule has 0 aromatic heterocycles. The van der Waals surface area contributed by atoms with Gasteiger partial charge in [-0.3, -0.25) is 4.79 Å². The number of anilines is 1. The summed E-state index contributed by atoms with van der Waals surface area (Å²) in [5, 5.41) is 4.15. The average Bonchev–Trinajstić information content (AvgIpc) is 2.64. The Bertz CT molecular complexity index is 874. The normalized spacial score (nSPS) is 11.8. The van der Waals surface area contributed by atoms with E-state index in [-0.39, 0.29) is 11.8 Å². The number of ketones is 1. The molecule has 1 unspecified atom stereocenters. The number of carbonyl (C=O) groups excluding carboxylic acids is 1. The highest BCUT2D eigenvalue weighted by molar-refractivity contribution is 9.10. The summed E-state index contributed by atoms with van der Waals surface area (Å²) in [6.45, 7) is 2.01. The Hall–Kier alpha value is -2.10. The highest BCUT2D eigenvalue weighted by Gasteiger charge is 2.17. The fraction of sp³-hybridized carbons (Fsp3) is 0.136. The Morgan fingerprint density at radius 2 is 1.58 bits per heavy atom. The second-order valence-corrected chi connectivity index (χ2v) is 7.60. The Balaban J connectivity index is 1.84. The van der Waals surface area contributed by atoms with Crippen molar-refractivity contribution < 1.29 is 4.79 Å². The Morgan fingerprint density at radius 3 is 2.19 bits per heavy atom. The summed E-state index contributed by atoms with van der Waals surface area (Å²) < 4.78 is 1.02. The first kappa shape index (κ1) is 18.7. The van der Waals surface area contributed by atoms with E-state index in [9.17, 15) is 4.79 Å². The van der Waals surface area contributed by atoms with Crippen LogP contribution in [-0.2, 0) is 0 Å². The lowest BCUT2D eigenvalue weighted by Crippen LogP contribution is -2.15. The molecule has 0 spiro atoms. The van der Waals surface area contributed by atoms with Crippen molar-refractivity contribution >= 4 is 39.0 Å². The lowest BCUT2D eigenvalue weighted by Gasteiger charge is -2.20. The predicted molar refractivity (Wildman–Crippen MR) is 112 cm³/mol. The first-order valence-electron chi connectivity index (χ1n) is 8.39. The lowest BCUT2D eigenvalue weighted by atomic mass is 9.97. The van der Waals surface area contributed by atoms with Gasteiger partial charge in [0.2, 0.25) is 0 Å². The molecular weight excluding hydrogens is 410 g/mol. The number of benzene rings is 3. The summed E-state index contributed by atoms with van der Waals surface area (Å²) in [5.74, 6) is 0.106. The molecule has 26 heavy (non-hydrogen) atoms. The number of hydrogen-bond acceptors (Lipinski definition) is 2. The van der Waals surface area contributed by atoms with Crippen LogP contribution in [0.2, 0.25) is 5.02 Å². The molecule has 132 valence electrons. The van der Waals surface area contributed by atoms with Crippen molar-refractivity contribution in [2.45, 2.75) is 19.4 Å². The van der Waals surface area contributed by atoms with E-state index in [1.54, 1.807) is 0 Å². The highest BCUT2D eigenvalue weighted by atomic mass is 79.9. The SMILES string of the molecule is Cc1ccc(C(=O)CC(Nc2ccc(Br)cc2)c2ccc(Cl)cc2)cc1. The molecule has 0 saturated carbocycles. The maximum atomic E-state index is 12.8. The number of Topliss-reactive ketones (excluding diaryl/α,β-unsaturated/α-hetero) is 1. The third-order valence-electron chi connectivity index (χ3n) is 4.22. The fourth-order valence-electron chi connectivity index (χ4n) is 2.74. The number of rotatable bonds is 6. The molecule has 0 heterocycles. The molecule has 3 aromatic carbocycles. The monoisotopic (exact) mass is 427 g/mol. The van der Waals surface area contributed by atoms with Crippen LogP contribution in [0.4, 0.5) is 5.69 Å². The molecule has 0 aliphatic carbocycles. The molecule has 0 fully saturated rings. The molecule has 0 radical (unpaired) electrons. The summed E-state index contributed by atoms with van der Waals surface area (Å²) in [6, 6.07) is 23.1. The second kappa shape index (κ2) is 8.52. The highest BCUT2D eigenvalue weighted by Crippen LogP contribution is 2.26. The molecule has 0 aliphatic heterocycles. The van der Waals surface area contributed by atoms with E-state index in [0.717, 1.165) is 26.9 Å². The first-order valence-corrected chi connectivity index (χ1v) is 9.56. The maximum absolute atomic E-state index is 12.8. The smallest absolute Gasteiger partial charge is 0.165 e. The van der Waals surface area contributed by atoms with Crippen molar-refractivity contribution in [1.29, 1.82) is 0 Å². The summed E-state index contributed by atoms with van der Waals surface area (Å²) in [5.41, 5.74) is 3.86. The van der Waals surface area contributed by atoms with Crippen LogP contribution in [0.3, 0.4) is 0 Å². The van der Waals surface area contributed by atoms with Gasteiger partial charge in [0.15, 0.2) is 5.78 Å². The molecule has 4 heteroatoms. The van der Waals surface area contributed by atoms with Crippen molar-refractivity contribution in [3.8, 4) is 0 Å². The number of nitrogens with one attached hydrogen (secondary N) is 1. The maximum Gasteiger partial charge on any atom is 0.165 e. The van der Waals surface area contributed by atoms with Crippen LogP contribution < -0.4 is 5.32 Å². The quantitative estimate of drug-likeness (QED) is 0.436. The van der Waals surface area contributed by atoms with Crippen molar-refractivity contribution in [2.24, 2.45) is 0 Å². The molecule has 3 aromatic rings. The third kappa shape index (κ3) is 4.96. The Kier molecular flexibility index (Phi) is 6.12. The molecule has 0 aliphatic rings. The van der Waals surface area contributed by atoms with E-state index in [2.05, 4.69) is 21.2 Å². The molecule has 3 rings (SSSR count). The number of hydrogen-bond donors (Lipinski definition) is 1. The van der Waals surface area contributed by atoms with Gasteiger partial charge in [0.1, 0.15) is 0 Å². The molecule has 1 atom stereocenters. The van der Waals surface area contributed by atoms with Crippen LogP contribution in [0.5, 0.6) is 0 Å². The van der Waals surface area contributed by atoms with Crippen LogP contribution in [0, 0.1) is 6.92 Å². The third-order valence-corrected chi connectivity index (χ3v) is 5.00. The molecule has 0 saturated heterocycles. The van der Waals surface area contributed by atoms with Crippen LogP contribution in [0.15, 0.2) is 77.3 Å². The molecular formula is C22H19BrClNO. The van der Waals surface area contributed by atoms with E-state index in [1.807, 2.05) is 79.7 Å². The first-order chi connectivity index (χ1) is 12.5. The molecule has 0 bridgehead atoms. The van der Waals surface area contributed by atoms with E-state index in [0.29, 0.717) is 11.4 Å². The minimum atomic E-state index is -0.137. The minimum absolute atomic E-state index is 0.106. The van der Waals surface area contributed by atoms with Gasteiger partial charge < -0.3 is 5.32 Å². The van der Waals surface area contributed by atoms with E-state index < -0.39 is 0 Å². The van der Waals surface area contributed by atoms with Gasteiger partial charge in [0.25, 0.3) is 0 Å². The summed E-state index contributed by atoms with van der Waals surface area (Å²) in [4.78, 5) is 12.8. The Labute approximate surface area is 167 Å². The van der Waals surface area contributed by atoms with Crippen molar-refractivity contribution in [2.75, 3.05) is 5.32 Å². The fourth-order valence-corrected chi connectivity index (χ4v) is 3.13. The van der Waals surface area contributed by atoms with Gasteiger partial charge in [0, 0.05) is 27.2 Å². The van der Waals surface area contributed by atoms with E-state index >= 15 is 0 Å². The Morgan fingerprint density at radius 1 is 0.962 bits per heavy atom. The largest absolute Gasteiger partial charge is 0.378 e. The van der Waals surface area contributed by atoms with Gasteiger partial charge in [-0.1, -0.05) is 69.5 Å². The number of halogens is 2. The minimum Gasteiger partial charge on any atom is -0.378 e. The van der Waals surface area contributed by atoms with E-state index in [4.69, 9.17) is 11.6 Å². The zero-order valence-corrected chi connectivity index (χ0v) is 16.7. The summed E-state index contributed by atoms with van der Waals surface area (Å²) >= 11 is 9.46. The van der Waals surface area contributed by atoms with Gasteiger partial charge >= 0.3 is 0 Å². The standard InChI is InChI=1S/C22H19BrClNO/c1-15-2-4-17(5-3-15)22(26)14-21(16-6-10-19(24)11-7-16)25-20-12-8-18(23)9-13-20/h2-13,21,25H,14H2,1H3. The zero-order valence-electron chi connectivity index (χ0n) is 14.4. The summed E-state index contributed by atoms with van der Waals surface area (Å²) in [6.07, 6.45) is 0.362. The van der Waals surface area contributed by atoms with Crippen molar-refractivity contribution in [3.05, 3.63) is 99.0 Å². The molecule has 2 nitrogen and oxygen atoms in total. The zero-order chi connectivity index (χ0) is 18.5. The molecule has 1 N–H and O–H groups in total. The van der Waals surface area contributed by atoms with Crippen LogP contribution >= 0.6 is 27.5 Å². The van der Waals surface area contributed by atoms with Crippen LogP contribution in [0.25, 0.3) is 0 Å². The van der Waals surface area contributed by atoms with Crippen molar-refractivity contribution in [1.82, 2.24) is 0 Å². The van der Waals surface area contributed by atoms with Crippen molar-refractivity contribution in [3.63, 3.8) is 0 Å². The van der Waals surface area contributed by atoms with E-state index in [1.165, 1.54) is 0 Å². The van der Waals surface area contributed by atoms with Crippen LogP contribution in [-0.4, -0.2) is 5.78 Å². The van der Waals surface area contributed by atoms with Gasteiger partial charge in [-0.2, -0.15) is 0 Å². The molecule has 0 amide bonds. The van der Waals surface area contributed by atoms with Gasteiger partial charge in [-0.15, -0.1) is 0 Å². The second-order valence-electron chi connectivity index (χ2n) is 6.25. The topological polar surface area (TPSA) is 29.1 Å². The summed E-state index contributed by atoms with van der Waals surface area (Å²) in [7, 11) is 0. The van der Waals surface area contributed by atoms with Crippen LogP contribution in [0.1, 0.15) is 33.9 Å². The predicted octanol–water partition coefficient (Wildman–Crippen LogP) is 6.84. The van der Waals surface area contributed by atoms with Gasteiger partial charge in [-0.25, -0.2) is 0 Å². The van der Waals surface area contributed by atoms with Gasteiger partial charge in [0.05, 0.1) is 6.04 Å². The lowest BCUT2D eigenvalue weighted by molar-refractivity contribution is 0.0976. The number of aryl methyl sites for hydroxylation is 1. The number of carbonyl (C=O) groups is 1.